The molecule has 12 heavy (non-hydrogen) atoms. The molecule has 1 heterocycles. The molecule has 1 rings (SSSR count). The molecule has 0 aliphatic carbocycles. The molecule has 2 N–H and O–H groups in total. The lowest BCUT2D eigenvalue weighted by Crippen LogP contribution is -2.29. The van der Waals surface area contributed by atoms with Crippen molar-refractivity contribution in [3.05, 3.63) is 0 Å². The molecule has 0 amide bonds. The van der Waals surface area contributed by atoms with E-state index < -0.39 is 22.4 Å². The standard InChI is InChI=1S/C7H10O4S/c8-6(9)4-2-1-3-5(12-4)7(10)11/h4-5H,1-3H2,(H,8,9)(H,10,11)/t4-,5-/m1/s1. The van der Waals surface area contributed by atoms with Gasteiger partial charge in [0, 0.05) is 0 Å². The van der Waals surface area contributed by atoms with Gasteiger partial charge in [0.1, 0.15) is 10.5 Å². The van der Waals surface area contributed by atoms with Crippen LogP contribution in [0, 0.1) is 0 Å². The van der Waals surface area contributed by atoms with Gasteiger partial charge in [-0.3, -0.25) is 9.59 Å². The Hall–Kier alpha value is -0.710. The van der Waals surface area contributed by atoms with Crippen LogP contribution in [-0.4, -0.2) is 32.7 Å². The van der Waals surface area contributed by atoms with Gasteiger partial charge in [0.25, 0.3) is 0 Å². The normalized spacial score (nSPS) is 29.7. The van der Waals surface area contributed by atoms with E-state index in [9.17, 15) is 9.59 Å². The lowest BCUT2D eigenvalue weighted by molar-refractivity contribution is -0.136. The predicted octanol–water partition coefficient (Wildman–Crippen LogP) is 0.810. The molecule has 68 valence electrons. The van der Waals surface area contributed by atoms with Gasteiger partial charge >= 0.3 is 11.9 Å². The highest BCUT2D eigenvalue weighted by Gasteiger charge is 2.31. The molecule has 2 atom stereocenters. The first-order valence-corrected chi connectivity index (χ1v) is 4.66. The summed E-state index contributed by atoms with van der Waals surface area (Å²) in [6.45, 7) is 0. The van der Waals surface area contributed by atoms with Crippen LogP contribution in [0.25, 0.3) is 0 Å². The molecule has 1 aliphatic heterocycles. The lowest BCUT2D eigenvalue weighted by atomic mass is 10.1. The Morgan fingerprint density at radius 1 is 1.08 bits per heavy atom. The molecule has 4 nitrogen and oxygen atoms in total. The molecular formula is C7H10O4S. The average molecular weight is 190 g/mol. The Balaban J connectivity index is 2.51. The second-order valence-corrected chi connectivity index (χ2v) is 4.13. The van der Waals surface area contributed by atoms with Gasteiger partial charge < -0.3 is 10.2 Å². The van der Waals surface area contributed by atoms with Crippen molar-refractivity contribution in [2.24, 2.45) is 0 Å². The SMILES string of the molecule is O=C(O)[C@H]1CCC[C@H](C(=O)O)S1. The summed E-state index contributed by atoms with van der Waals surface area (Å²) in [5.74, 6) is -1.79. The lowest BCUT2D eigenvalue weighted by Gasteiger charge is -2.22. The minimum absolute atomic E-state index is 0.528. The number of thioether (sulfide) groups is 1. The summed E-state index contributed by atoms with van der Waals surface area (Å²) in [7, 11) is 0. The fourth-order valence-corrected chi connectivity index (χ4v) is 2.42. The quantitative estimate of drug-likeness (QED) is 0.674. The topological polar surface area (TPSA) is 74.6 Å². The van der Waals surface area contributed by atoms with Gasteiger partial charge in [0.05, 0.1) is 0 Å². The minimum atomic E-state index is -0.897. The van der Waals surface area contributed by atoms with Crippen LogP contribution < -0.4 is 0 Å². The number of carboxylic acids is 2. The molecule has 1 fully saturated rings. The first kappa shape index (κ1) is 9.38. The number of carbonyl (C=O) groups is 2. The maximum Gasteiger partial charge on any atom is 0.316 e. The largest absolute Gasteiger partial charge is 0.480 e. The van der Waals surface area contributed by atoms with Crippen molar-refractivity contribution in [1.82, 2.24) is 0 Å². The maximum absolute atomic E-state index is 10.5. The van der Waals surface area contributed by atoms with Crippen molar-refractivity contribution >= 4 is 23.7 Å². The highest BCUT2D eigenvalue weighted by molar-refractivity contribution is 8.01. The van der Waals surface area contributed by atoms with E-state index in [1.165, 1.54) is 0 Å². The van der Waals surface area contributed by atoms with Gasteiger partial charge in [-0.2, -0.15) is 0 Å². The third-order valence-electron chi connectivity index (χ3n) is 1.81. The molecule has 1 saturated heterocycles. The second kappa shape index (κ2) is 3.80. The maximum atomic E-state index is 10.5. The average Bonchev–Trinajstić information content (AvgIpc) is 2.04. The molecule has 0 aromatic heterocycles. The van der Waals surface area contributed by atoms with E-state index in [0.29, 0.717) is 19.3 Å². The first-order valence-electron chi connectivity index (χ1n) is 3.72. The van der Waals surface area contributed by atoms with Gasteiger partial charge in [-0.25, -0.2) is 0 Å². The van der Waals surface area contributed by atoms with Crippen LogP contribution in [0.5, 0.6) is 0 Å². The van der Waals surface area contributed by atoms with Crippen LogP contribution in [0.3, 0.4) is 0 Å². The zero-order valence-electron chi connectivity index (χ0n) is 6.40. The van der Waals surface area contributed by atoms with Gasteiger partial charge in [0.2, 0.25) is 0 Å². The molecule has 0 aromatic carbocycles. The molecule has 5 heteroatoms. The summed E-state index contributed by atoms with van der Waals surface area (Å²) in [6.07, 6.45) is 1.87. The summed E-state index contributed by atoms with van der Waals surface area (Å²) in [5.41, 5.74) is 0. The molecular weight excluding hydrogens is 180 g/mol. The summed E-state index contributed by atoms with van der Waals surface area (Å²) in [4.78, 5) is 21.0. The second-order valence-electron chi connectivity index (χ2n) is 2.72. The molecule has 0 aromatic rings. The molecule has 0 unspecified atom stereocenters. The van der Waals surface area contributed by atoms with Crippen molar-refractivity contribution in [1.29, 1.82) is 0 Å². The van der Waals surface area contributed by atoms with Crippen molar-refractivity contribution in [3.63, 3.8) is 0 Å². The van der Waals surface area contributed by atoms with E-state index in [2.05, 4.69) is 0 Å². The third kappa shape index (κ3) is 2.14. The smallest absolute Gasteiger partial charge is 0.316 e. The molecule has 0 saturated carbocycles. The highest BCUT2D eigenvalue weighted by Crippen LogP contribution is 2.31. The summed E-state index contributed by atoms with van der Waals surface area (Å²) in [5, 5.41) is 16.2. The zero-order valence-corrected chi connectivity index (χ0v) is 7.21. The fourth-order valence-electron chi connectivity index (χ4n) is 1.19. The Labute approximate surface area is 74.0 Å². The number of hydrogen-bond acceptors (Lipinski definition) is 3. The fraction of sp³-hybridized carbons (Fsp3) is 0.714. The third-order valence-corrected chi connectivity index (χ3v) is 3.34. The number of hydrogen-bond donors (Lipinski definition) is 2. The monoisotopic (exact) mass is 190 g/mol. The van der Waals surface area contributed by atoms with Crippen LogP contribution in [0.1, 0.15) is 19.3 Å². The van der Waals surface area contributed by atoms with E-state index in [-0.39, 0.29) is 0 Å². The molecule has 0 bridgehead atoms. The summed E-state index contributed by atoms with van der Waals surface area (Å²) in [6, 6.07) is 0. The summed E-state index contributed by atoms with van der Waals surface area (Å²) >= 11 is 1.05. The van der Waals surface area contributed by atoms with E-state index >= 15 is 0 Å². The Bertz CT molecular complexity index is 184. The molecule has 1 aliphatic rings. The van der Waals surface area contributed by atoms with E-state index in [0.717, 1.165) is 11.8 Å². The van der Waals surface area contributed by atoms with Gasteiger partial charge in [-0.15, -0.1) is 11.8 Å². The Morgan fingerprint density at radius 3 is 1.83 bits per heavy atom. The van der Waals surface area contributed by atoms with Crippen LogP contribution in [0.2, 0.25) is 0 Å². The van der Waals surface area contributed by atoms with Gasteiger partial charge in [0.15, 0.2) is 0 Å². The van der Waals surface area contributed by atoms with Crippen molar-refractivity contribution in [2.45, 2.75) is 29.8 Å². The predicted molar refractivity (Wildman–Crippen MR) is 44.3 cm³/mol. The molecule has 0 radical (unpaired) electrons. The van der Waals surface area contributed by atoms with Crippen LogP contribution in [0.4, 0.5) is 0 Å². The highest BCUT2D eigenvalue weighted by atomic mass is 32.2. The van der Waals surface area contributed by atoms with Crippen LogP contribution in [-0.2, 0) is 9.59 Å². The number of carboxylic acid groups (broad SMARTS) is 2. The van der Waals surface area contributed by atoms with Crippen molar-refractivity contribution in [3.8, 4) is 0 Å². The first-order chi connectivity index (χ1) is 5.61. The Morgan fingerprint density at radius 2 is 1.50 bits per heavy atom. The van der Waals surface area contributed by atoms with E-state index in [1.807, 2.05) is 0 Å². The van der Waals surface area contributed by atoms with Gasteiger partial charge in [-0.05, 0) is 12.8 Å². The minimum Gasteiger partial charge on any atom is -0.480 e. The molecule has 0 spiro atoms. The number of rotatable bonds is 2. The Kier molecular flexibility index (Phi) is 2.97. The number of aliphatic carboxylic acids is 2. The van der Waals surface area contributed by atoms with E-state index in [1.54, 1.807) is 0 Å². The van der Waals surface area contributed by atoms with E-state index in [4.69, 9.17) is 10.2 Å². The van der Waals surface area contributed by atoms with Crippen LogP contribution in [0.15, 0.2) is 0 Å². The van der Waals surface area contributed by atoms with Crippen molar-refractivity contribution in [2.75, 3.05) is 0 Å². The van der Waals surface area contributed by atoms with Crippen molar-refractivity contribution < 1.29 is 19.8 Å². The summed E-state index contributed by atoms with van der Waals surface area (Å²) < 4.78 is 0. The van der Waals surface area contributed by atoms with Crippen LogP contribution >= 0.6 is 11.8 Å². The zero-order chi connectivity index (χ0) is 9.14. The van der Waals surface area contributed by atoms with Gasteiger partial charge in [-0.1, -0.05) is 6.42 Å².